The van der Waals surface area contributed by atoms with Gasteiger partial charge in [0.15, 0.2) is 0 Å². The number of hydrogen-bond acceptors (Lipinski definition) is 5. The third kappa shape index (κ3) is 14.8. The first-order valence-electron chi connectivity index (χ1n) is 14.4. The van der Waals surface area contributed by atoms with Crippen molar-refractivity contribution in [1.29, 1.82) is 0 Å². The zero-order valence-electron chi connectivity index (χ0n) is 25.6. The van der Waals surface area contributed by atoms with E-state index < -0.39 is 10.8 Å². The maximum absolute atomic E-state index is 13.0. The molecule has 6 N–H and O–H groups in total. The molecule has 0 aliphatic heterocycles. The van der Waals surface area contributed by atoms with Crippen LogP contribution in [0.1, 0.15) is 107 Å². The lowest BCUT2D eigenvalue weighted by Crippen LogP contribution is -2.53. The molecule has 0 rings (SSSR count). The van der Waals surface area contributed by atoms with Gasteiger partial charge in [-0.15, -0.1) is 0 Å². The third-order valence-corrected chi connectivity index (χ3v) is 7.05. The van der Waals surface area contributed by atoms with Gasteiger partial charge in [-0.2, -0.15) is 0 Å². The van der Waals surface area contributed by atoms with Crippen molar-refractivity contribution in [1.82, 2.24) is 5.01 Å². The van der Waals surface area contributed by atoms with Crippen LogP contribution in [-0.4, -0.2) is 28.9 Å². The lowest BCUT2D eigenvalue weighted by Gasteiger charge is -2.32. The van der Waals surface area contributed by atoms with E-state index >= 15 is 0 Å². The van der Waals surface area contributed by atoms with Gasteiger partial charge in [-0.1, -0.05) is 104 Å². The highest BCUT2D eigenvalue weighted by Gasteiger charge is 2.38. The number of allylic oxidation sites excluding steroid dienone is 6. The Morgan fingerprint density at radius 1 is 0.605 bits per heavy atom. The van der Waals surface area contributed by atoms with Crippen molar-refractivity contribution < 1.29 is 9.59 Å². The van der Waals surface area contributed by atoms with Crippen molar-refractivity contribution in [2.75, 3.05) is 0 Å². The molecule has 2 atom stereocenters. The van der Waals surface area contributed by atoms with E-state index in [2.05, 4.69) is 64.2 Å². The van der Waals surface area contributed by atoms with E-state index in [-0.39, 0.29) is 23.9 Å². The number of imide groups is 1. The molecule has 0 aromatic rings. The Balaban J connectivity index is 4.59. The van der Waals surface area contributed by atoms with Crippen LogP contribution in [0.25, 0.3) is 0 Å². The van der Waals surface area contributed by atoms with Gasteiger partial charge < -0.3 is 11.5 Å². The van der Waals surface area contributed by atoms with Crippen LogP contribution in [0.3, 0.4) is 0 Å². The van der Waals surface area contributed by atoms with E-state index in [9.17, 15) is 9.59 Å². The first-order valence-corrected chi connectivity index (χ1v) is 14.4. The van der Waals surface area contributed by atoms with Crippen LogP contribution in [0.5, 0.6) is 0 Å². The quantitative estimate of drug-likeness (QED) is 0.0608. The molecule has 6 heteroatoms. The number of amides is 2. The topological polar surface area (TPSA) is 115 Å². The predicted octanol–water partition coefficient (Wildman–Crippen LogP) is 6.58. The molecule has 0 aromatic heterocycles. The van der Waals surface area contributed by atoms with Crippen molar-refractivity contribution in [3.05, 3.63) is 48.6 Å². The molecule has 0 saturated carbocycles. The lowest BCUT2D eigenvalue weighted by atomic mass is 9.84. The molecule has 0 fully saturated rings. The largest absolute Gasteiger partial charge is 0.327 e. The molecule has 38 heavy (non-hydrogen) atoms. The molecule has 0 bridgehead atoms. The number of hydrazine groups is 1. The van der Waals surface area contributed by atoms with Gasteiger partial charge >= 0.3 is 0 Å². The highest BCUT2D eigenvalue weighted by atomic mass is 16.2. The van der Waals surface area contributed by atoms with Crippen LogP contribution in [-0.2, 0) is 9.59 Å². The van der Waals surface area contributed by atoms with Gasteiger partial charge in [0.25, 0.3) is 0 Å². The summed E-state index contributed by atoms with van der Waals surface area (Å²) < 4.78 is 0. The van der Waals surface area contributed by atoms with Crippen LogP contribution in [0.15, 0.2) is 48.6 Å². The van der Waals surface area contributed by atoms with Crippen molar-refractivity contribution in [2.45, 2.75) is 119 Å². The van der Waals surface area contributed by atoms with E-state index in [1.54, 1.807) is 0 Å². The number of nitrogens with two attached hydrogens (primary N) is 3. The van der Waals surface area contributed by atoms with Gasteiger partial charge in [-0.25, -0.2) is 10.9 Å². The molecular weight excluding hydrogens is 472 g/mol. The highest BCUT2D eigenvalue weighted by Crippen LogP contribution is 2.28. The summed E-state index contributed by atoms with van der Waals surface area (Å²) >= 11 is 0. The summed E-state index contributed by atoms with van der Waals surface area (Å²) in [6, 6.07) is 0.395. The normalized spacial score (nSPS) is 15.1. The van der Waals surface area contributed by atoms with Crippen LogP contribution >= 0.6 is 0 Å². The Hall–Kier alpha value is -2.02. The second-order valence-electron chi connectivity index (χ2n) is 12.5. The summed E-state index contributed by atoms with van der Waals surface area (Å²) in [6.07, 6.45) is 23.2. The Kier molecular flexibility index (Phi) is 17.3. The fraction of sp³-hybridized carbons (Fsp3) is 0.688. The zero-order valence-corrected chi connectivity index (χ0v) is 25.6. The van der Waals surface area contributed by atoms with Gasteiger partial charge in [0.1, 0.15) is 0 Å². The Bertz CT molecular complexity index is 740. The minimum Gasteiger partial charge on any atom is -0.327 e. The second kappa shape index (κ2) is 18.3. The summed E-state index contributed by atoms with van der Waals surface area (Å²) in [5.41, 5.74) is 10.6. The first kappa shape index (κ1) is 36.0. The monoisotopic (exact) mass is 530 g/mol. The summed E-state index contributed by atoms with van der Waals surface area (Å²) in [5, 5.41) is 0.823. The maximum Gasteiger partial charge on any atom is 0.249 e. The molecular formula is C32H58N4O2. The van der Waals surface area contributed by atoms with E-state index in [4.69, 9.17) is 17.3 Å². The average molecular weight is 531 g/mol. The van der Waals surface area contributed by atoms with E-state index in [1.807, 2.05) is 39.8 Å². The summed E-state index contributed by atoms with van der Waals surface area (Å²) in [4.78, 5) is 26.1. The molecule has 0 aliphatic rings. The highest BCUT2D eigenvalue weighted by molar-refractivity contribution is 5.99. The molecule has 0 radical (unpaired) electrons. The van der Waals surface area contributed by atoms with E-state index in [0.717, 1.165) is 43.5 Å². The van der Waals surface area contributed by atoms with Gasteiger partial charge in [0.2, 0.25) is 11.8 Å². The van der Waals surface area contributed by atoms with Crippen LogP contribution < -0.4 is 17.3 Å². The van der Waals surface area contributed by atoms with Gasteiger partial charge in [-0.05, 0) is 63.2 Å². The number of unbranched alkanes of at least 4 members (excludes halogenated alkanes) is 2. The lowest BCUT2D eigenvalue weighted by molar-refractivity contribution is -0.156. The Labute approximate surface area is 233 Å². The molecule has 0 aromatic carbocycles. The van der Waals surface area contributed by atoms with Crippen LogP contribution in [0.4, 0.5) is 0 Å². The first-order chi connectivity index (χ1) is 17.6. The van der Waals surface area contributed by atoms with Gasteiger partial charge in [-0.3, -0.25) is 9.59 Å². The van der Waals surface area contributed by atoms with E-state index in [1.165, 1.54) is 0 Å². The number of rotatable bonds is 18. The van der Waals surface area contributed by atoms with E-state index in [0.29, 0.717) is 24.7 Å². The summed E-state index contributed by atoms with van der Waals surface area (Å²) in [7, 11) is 0. The second-order valence-corrected chi connectivity index (χ2v) is 12.5. The number of carbonyl (C=O) groups is 2. The Morgan fingerprint density at radius 3 is 1.18 bits per heavy atom. The van der Waals surface area contributed by atoms with Crippen LogP contribution in [0, 0.1) is 22.7 Å². The number of hydrogen-bond donors (Lipinski definition) is 3. The molecule has 6 nitrogen and oxygen atoms in total. The van der Waals surface area contributed by atoms with Crippen molar-refractivity contribution in [3.63, 3.8) is 0 Å². The predicted molar refractivity (Wildman–Crippen MR) is 163 cm³/mol. The number of nitrogens with zero attached hydrogens (tertiary/aromatic N) is 1. The average Bonchev–Trinajstić information content (AvgIpc) is 2.85. The third-order valence-electron chi connectivity index (χ3n) is 7.05. The van der Waals surface area contributed by atoms with Gasteiger partial charge in [0, 0.05) is 22.9 Å². The molecule has 2 amide bonds. The molecule has 0 aliphatic carbocycles. The number of carbonyl (C=O) groups excluding carboxylic acids is 2. The zero-order chi connectivity index (χ0) is 29.4. The SMILES string of the molecule is CC(C)C(N)CC=CCCC=CCC(C)(C)C(=O)N(N)C(=O)C(C)(C)CC=CCCC=CCC(N)C(C)C. The fourth-order valence-corrected chi connectivity index (χ4v) is 3.58. The standard InChI is InChI=1S/C32H58N4O2/c1-25(2)27(33)21-17-13-9-11-15-19-23-31(5,6)29(37)36(35)30(38)32(7,8)24-20-16-12-10-14-18-22-28(34)26(3)4/h13-20,25-28H,9-12,21-24,33-35H2,1-8H3. The molecule has 0 spiro atoms. The van der Waals surface area contributed by atoms with Crippen molar-refractivity contribution in [2.24, 2.45) is 40.0 Å². The molecule has 0 saturated heterocycles. The molecule has 0 heterocycles. The molecule has 2 unspecified atom stereocenters. The fourth-order valence-electron chi connectivity index (χ4n) is 3.58. The van der Waals surface area contributed by atoms with Crippen molar-refractivity contribution >= 4 is 11.8 Å². The molecule has 218 valence electrons. The van der Waals surface area contributed by atoms with Crippen molar-refractivity contribution in [3.8, 4) is 0 Å². The van der Waals surface area contributed by atoms with Gasteiger partial charge in [0.05, 0.1) is 0 Å². The Morgan fingerprint density at radius 2 is 0.895 bits per heavy atom. The summed E-state index contributed by atoms with van der Waals surface area (Å²) in [5.74, 6) is 6.27. The minimum absolute atomic E-state index is 0.198. The smallest absolute Gasteiger partial charge is 0.249 e. The maximum atomic E-state index is 13.0. The minimum atomic E-state index is -0.767. The summed E-state index contributed by atoms with van der Waals surface area (Å²) in [6.45, 7) is 15.8. The van der Waals surface area contributed by atoms with Crippen LogP contribution in [0.2, 0.25) is 0 Å².